The maximum Gasteiger partial charge on any atom is 0.310 e. The van der Waals surface area contributed by atoms with Crippen LogP contribution in [0.1, 0.15) is 34.2 Å². The Morgan fingerprint density at radius 3 is 2.53 bits per heavy atom. The van der Waals surface area contributed by atoms with E-state index in [2.05, 4.69) is 0 Å². The summed E-state index contributed by atoms with van der Waals surface area (Å²) >= 11 is 0. The Hall–Kier alpha value is -4.10. The molecule has 4 N–H and O–H groups in total. The Morgan fingerprint density at radius 1 is 0.971 bits per heavy atom. The number of benzene rings is 3. The predicted molar refractivity (Wildman–Crippen MR) is 129 cm³/mol. The number of para-hydroxylation sites is 1. The third kappa shape index (κ3) is 4.94. The zero-order chi connectivity index (χ0) is 24.1. The van der Waals surface area contributed by atoms with E-state index in [0.29, 0.717) is 35.6 Å². The van der Waals surface area contributed by atoms with Crippen molar-refractivity contribution >= 4 is 22.8 Å². The summed E-state index contributed by atoms with van der Waals surface area (Å²) < 4.78 is 16.9. The van der Waals surface area contributed by atoms with Crippen molar-refractivity contribution in [3.8, 4) is 16.9 Å². The van der Waals surface area contributed by atoms with Gasteiger partial charge in [0.25, 0.3) is 5.91 Å². The van der Waals surface area contributed by atoms with Gasteiger partial charge in [0, 0.05) is 23.1 Å². The average molecular weight is 459 g/mol. The van der Waals surface area contributed by atoms with E-state index in [4.69, 9.17) is 25.4 Å². The van der Waals surface area contributed by atoms with Crippen LogP contribution in [-0.4, -0.2) is 18.5 Å². The highest BCUT2D eigenvalue weighted by atomic mass is 16.5. The maximum absolute atomic E-state index is 12.1. The number of ether oxygens (including phenoxy) is 2. The summed E-state index contributed by atoms with van der Waals surface area (Å²) in [5.41, 5.74) is 16.1. The molecule has 1 heterocycles. The van der Waals surface area contributed by atoms with Gasteiger partial charge in [-0.15, -0.1) is 0 Å². The molecular formula is C27H26N2O5. The molecule has 174 valence electrons. The number of hydrogen-bond donors (Lipinski definition) is 2. The number of esters is 1. The van der Waals surface area contributed by atoms with Gasteiger partial charge in [0.1, 0.15) is 17.9 Å². The number of hydrogen-bond acceptors (Lipinski definition) is 6. The van der Waals surface area contributed by atoms with Gasteiger partial charge in [-0.25, -0.2) is 0 Å². The van der Waals surface area contributed by atoms with E-state index in [9.17, 15) is 9.59 Å². The molecule has 4 rings (SSSR count). The molecule has 0 aliphatic heterocycles. The second-order valence-corrected chi connectivity index (χ2v) is 7.77. The minimum Gasteiger partial charge on any atom is -0.488 e. The third-order valence-electron chi connectivity index (χ3n) is 5.50. The molecular weight excluding hydrogens is 432 g/mol. The molecule has 0 aliphatic rings. The second-order valence-electron chi connectivity index (χ2n) is 7.77. The lowest BCUT2D eigenvalue weighted by Crippen LogP contribution is -2.13. The van der Waals surface area contributed by atoms with E-state index in [0.717, 1.165) is 22.1 Å². The Bertz CT molecular complexity index is 1340. The first-order valence-electron chi connectivity index (χ1n) is 11.0. The Labute approximate surface area is 197 Å². The van der Waals surface area contributed by atoms with Crippen LogP contribution in [0.25, 0.3) is 22.1 Å². The van der Waals surface area contributed by atoms with Gasteiger partial charge in [-0.1, -0.05) is 42.5 Å². The first kappa shape index (κ1) is 23.1. The summed E-state index contributed by atoms with van der Waals surface area (Å²) in [4.78, 5) is 24.1. The van der Waals surface area contributed by atoms with Gasteiger partial charge in [0.15, 0.2) is 5.76 Å². The van der Waals surface area contributed by atoms with Crippen LogP contribution in [0.4, 0.5) is 0 Å². The van der Waals surface area contributed by atoms with Crippen LogP contribution in [0.3, 0.4) is 0 Å². The fourth-order valence-corrected chi connectivity index (χ4v) is 3.86. The lowest BCUT2D eigenvalue weighted by Gasteiger charge is -2.11. The van der Waals surface area contributed by atoms with Gasteiger partial charge in [-0.05, 0) is 47.9 Å². The molecule has 7 heteroatoms. The van der Waals surface area contributed by atoms with Crippen LogP contribution in [-0.2, 0) is 29.1 Å². The summed E-state index contributed by atoms with van der Waals surface area (Å²) in [6.45, 7) is 2.55. The molecule has 0 spiro atoms. The normalized spacial score (nSPS) is 10.9. The monoisotopic (exact) mass is 458 g/mol. The van der Waals surface area contributed by atoms with Gasteiger partial charge in [0.05, 0.1) is 13.0 Å². The minimum absolute atomic E-state index is 0.0391. The number of carbonyl (C=O) groups excluding carboxylic acids is 2. The van der Waals surface area contributed by atoms with Crippen LogP contribution in [0.15, 0.2) is 71.1 Å². The molecule has 0 unspecified atom stereocenters. The number of fused-ring (bicyclic) bond motifs is 1. The van der Waals surface area contributed by atoms with Gasteiger partial charge >= 0.3 is 5.97 Å². The molecule has 4 aromatic rings. The average Bonchev–Trinajstić information content (AvgIpc) is 3.22. The molecule has 3 aromatic carbocycles. The molecule has 0 saturated carbocycles. The maximum atomic E-state index is 12.1. The number of primary amides is 1. The number of furan rings is 1. The SMILES string of the molecule is CCOC(=O)Cc1ccccc1OCc1c(C(N)=O)oc2ccc(-c3cccc(CN)c3)cc12. The van der Waals surface area contributed by atoms with Crippen molar-refractivity contribution in [3.05, 3.63) is 89.2 Å². The Balaban J connectivity index is 1.69. The molecule has 0 fully saturated rings. The van der Waals surface area contributed by atoms with Gasteiger partial charge in [-0.2, -0.15) is 0 Å². The van der Waals surface area contributed by atoms with Crippen molar-refractivity contribution < 1.29 is 23.5 Å². The van der Waals surface area contributed by atoms with Crippen molar-refractivity contribution in [1.29, 1.82) is 0 Å². The zero-order valence-electron chi connectivity index (χ0n) is 18.9. The number of rotatable bonds is 9. The highest BCUT2D eigenvalue weighted by molar-refractivity contribution is 5.99. The topological polar surface area (TPSA) is 118 Å². The van der Waals surface area contributed by atoms with E-state index in [1.165, 1.54) is 0 Å². The van der Waals surface area contributed by atoms with E-state index in [-0.39, 0.29) is 24.8 Å². The molecule has 0 aliphatic carbocycles. The standard InChI is InChI=1S/C27H26N2O5/c1-2-32-25(30)14-20-7-3-4-9-23(20)33-16-22-21-13-19(18-8-5-6-17(12-18)15-28)10-11-24(21)34-26(22)27(29)31/h3-13H,2,14-16,28H2,1H3,(H2,29,31). The smallest absolute Gasteiger partial charge is 0.310 e. The summed E-state index contributed by atoms with van der Waals surface area (Å²) in [7, 11) is 0. The van der Waals surface area contributed by atoms with E-state index >= 15 is 0 Å². The quantitative estimate of drug-likeness (QED) is 0.360. The molecule has 0 atom stereocenters. The molecule has 0 saturated heterocycles. The second kappa shape index (κ2) is 10.2. The van der Waals surface area contributed by atoms with Crippen LogP contribution < -0.4 is 16.2 Å². The number of nitrogens with two attached hydrogens (primary N) is 2. The van der Waals surface area contributed by atoms with Crippen molar-refractivity contribution in [3.63, 3.8) is 0 Å². The fourth-order valence-electron chi connectivity index (χ4n) is 3.86. The van der Waals surface area contributed by atoms with Crippen LogP contribution in [0.2, 0.25) is 0 Å². The number of amides is 1. The highest BCUT2D eigenvalue weighted by Crippen LogP contribution is 2.32. The first-order chi connectivity index (χ1) is 16.5. The summed E-state index contributed by atoms with van der Waals surface area (Å²) in [5, 5.41) is 0.729. The Kier molecular flexibility index (Phi) is 6.94. The number of carbonyl (C=O) groups is 2. The lowest BCUT2D eigenvalue weighted by molar-refractivity contribution is -0.142. The van der Waals surface area contributed by atoms with Gasteiger partial charge < -0.3 is 25.4 Å². The predicted octanol–water partition coefficient (Wildman–Crippen LogP) is 4.34. The lowest BCUT2D eigenvalue weighted by atomic mass is 10.0. The van der Waals surface area contributed by atoms with Crippen molar-refractivity contribution in [2.45, 2.75) is 26.5 Å². The van der Waals surface area contributed by atoms with Crippen LogP contribution in [0.5, 0.6) is 5.75 Å². The van der Waals surface area contributed by atoms with Crippen molar-refractivity contribution in [2.75, 3.05) is 6.61 Å². The van der Waals surface area contributed by atoms with Crippen molar-refractivity contribution in [2.24, 2.45) is 11.5 Å². The van der Waals surface area contributed by atoms with Crippen molar-refractivity contribution in [1.82, 2.24) is 0 Å². The highest BCUT2D eigenvalue weighted by Gasteiger charge is 2.20. The van der Waals surface area contributed by atoms with E-state index in [1.807, 2.05) is 54.6 Å². The van der Waals surface area contributed by atoms with E-state index in [1.54, 1.807) is 19.1 Å². The minimum atomic E-state index is -0.679. The van der Waals surface area contributed by atoms with Crippen LogP contribution in [0, 0.1) is 0 Å². The largest absolute Gasteiger partial charge is 0.488 e. The molecule has 1 aromatic heterocycles. The molecule has 34 heavy (non-hydrogen) atoms. The summed E-state index contributed by atoms with van der Waals surface area (Å²) in [6, 6.07) is 20.8. The first-order valence-corrected chi connectivity index (χ1v) is 11.0. The molecule has 0 bridgehead atoms. The zero-order valence-corrected chi connectivity index (χ0v) is 18.9. The summed E-state index contributed by atoms with van der Waals surface area (Å²) in [5.74, 6) is -0.450. The van der Waals surface area contributed by atoms with Crippen LogP contribution >= 0.6 is 0 Å². The molecule has 7 nitrogen and oxygen atoms in total. The third-order valence-corrected chi connectivity index (χ3v) is 5.50. The Morgan fingerprint density at radius 2 is 1.76 bits per heavy atom. The molecule has 0 radical (unpaired) electrons. The van der Waals surface area contributed by atoms with E-state index < -0.39 is 5.91 Å². The summed E-state index contributed by atoms with van der Waals surface area (Å²) in [6.07, 6.45) is 0.0838. The molecule has 1 amide bonds. The van der Waals surface area contributed by atoms with Gasteiger partial charge in [-0.3, -0.25) is 9.59 Å². The van der Waals surface area contributed by atoms with Gasteiger partial charge in [0.2, 0.25) is 0 Å². The fraction of sp³-hybridized carbons (Fsp3) is 0.185.